The summed E-state index contributed by atoms with van der Waals surface area (Å²) in [7, 11) is 7.44. The Labute approximate surface area is 211 Å². The molecule has 36 heavy (non-hydrogen) atoms. The third kappa shape index (κ3) is 4.75. The summed E-state index contributed by atoms with van der Waals surface area (Å²) in [6, 6.07) is 9.41. The number of H-pyrrole nitrogens is 1. The molecule has 0 unspecified atom stereocenters. The van der Waals surface area contributed by atoms with Crippen LogP contribution in [0.1, 0.15) is 41.2 Å². The van der Waals surface area contributed by atoms with Crippen molar-refractivity contribution in [3.05, 3.63) is 59.2 Å². The maximum atomic E-state index is 13.4. The molecule has 1 aromatic carbocycles. The zero-order chi connectivity index (χ0) is 26.2. The number of urea groups is 1. The van der Waals surface area contributed by atoms with Gasteiger partial charge >= 0.3 is 6.03 Å². The maximum Gasteiger partial charge on any atom is 0.327 e. The molecular formula is C27H35N5O4. The molecule has 0 spiro atoms. The number of benzene rings is 1. The fourth-order valence-electron chi connectivity index (χ4n) is 4.55. The molecule has 0 saturated carbocycles. The van der Waals surface area contributed by atoms with Gasteiger partial charge in [0.15, 0.2) is 0 Å². The van der Waals surface area contributed by atoms with Crippen molar-refractivity contribution in [1.82, 2.24) is 24.6 Å². The van der Waals surface area contributed by atoms with Crippen LogP contribution in [0.4, 0.5) is 4.79 Å². The molecular weight excluding hydrogens is 458 g/mol. The molecule has 2 aromatic heterocycles. The number of hydrogen-bond acceptors (Lipinski definition) is 5. The second-order valence-corrected chi connectivity index (χ2v) is 10.3. The molecule has 0 aliphatic carbocycles. The van der Waals surface area contributed by atoms with Crippen molar-refractivity contribution < 1.29 is 18.8 Å². The number of amides is 4. The molecule has 9 heteroatoms. The second kappa shape index (κ2) is 9.81. The van der Waals surface area contributed by atoms with E-state index in [1.165, 1.54) is 9.80 Å². The van der Waals surface area contributed by atoms with E-state index >= 15 is 0 Å². The molecule has 1 fully saturated rings. The number of likely N-dealkylation sites (N-methyl/N-ethyl adjacent to an activating group) is 2. The molecule has 1 aliphatic heterocycles. The van der Waals surface area contributed by atoms with Gasteiger partial charge in [0.2, 0.25) is 0 Å². The average Bonchev–Trinajstić information content (AvgIpc) is 3.51. The number of carbonyl (C=O) groups is 3. The summed E-state index contributed by atoms with van der Waals surface area (Å²) in [6.07, 6.45) is 2.84. The van der Waals surface area contributed by atoms with E-state index < -0.39 is 5.54 Å². The van der Waals surface area contributed by atoms with Crippen molar-refractivity contribution in [2.75, 3.05) is 41.3 Å². The summed E-state index contributed by atoms with van der Waals surface area (Å²) in [5, 5.41) is 0.987. The molecule has 3 heterocycles. The lowest BCUT2D eigenvalue weighted by Crippen LogP contribution is -2.41. The summed E-state index contributed by atoms with van der Waals surface area (Å²) < 4.78 is 5.41. The Hall–Kier alpha value is -3.59. The number of carbonyl (C=O) groups excluding carboxylic acids is 3. The van der Waals surface area contributed by atoms with E-state index in [0.29, 0.717) is 31.6 Å². The lowest BCUT2D eigenvalue weighted by Gasteiger charge is -2.22. The molecule has 4 rings (SSSR count). The SMILES string of the molecule is CN(C)CCc1c(C(=O)N(C)Cc2ccco2)[nH]c2ccc(CCN3C(=O)N(C)C(C)(C)C3=O)cc12. The third-order valence-electron chi connectivity index (χ3n) is 7.06. The minimum absolute atomic E-state index is 0.101. The molecule has 1 N–H and O–H groups in total. The predicted octanol–water partition coefficient (Wildman–Crippen LogP) is 3.35. The van der Waals surface area contributed by atoms with Gasteiger partial charge in [-0.25, -0.2) is 4.79 Å². The standard InChI is InChI=1S/C27H35N5O4/c1-27(2)25(34)32(26(35)31(27)6)14-11-18-9-10-22-21(16-18)20(12-13-29(3)4)23(28-22)24(33)30(5)17-19-8-7-15-36-19/h7-10,15-16,28H,11-14,17H2,1-6H3. The first-order chi connectivity index (χ1) is 17.0. The van der Waals surface area contributed by atoms with Crippen LogP contribution in [0.25, 0.3) is 10.9 Å². The highest BCUT2D eigenvalue weighted by Gasteiger charge is 2.48. The van der Waals surface area contributed by atoms with E-state index in [1.54, 1.807) is 39.1 Å². The second-order valence-electron chi connectivity index (χ2n) is 10.3. The molecule has 9 nitrogen and oxygen atoms in total. The van der Waals surface area contributed by atoms with Crippen LogP contribution in [0.15, 0.2) is 41.0 Å². The van der Waals surface area contributed by atoms with Crippen molar-refractivity contribution in [2.24, 2.45) is 0 Å². The number of aromatic amines is 1. The van der Waals surface area contributed by atoms with Gasteiger partial charge in [0.05, 0.1) is 12.8 Å². The number of hydrogen-bond donors (Lipinski definition) is 1. The Bertz CT molecular complexity index is 1270. The third-order valence-corrected chi connectivity index (χ3v) is 7.06. The zero-order valence-corrected chi connectivity index (χ0v) is 21.9. The van der Waals surface area contributed by atoms with Crippen LogP contribution < -0.4 is 0 Å². The van der Waals surface area contributed by atoms with Crippen molar-refractivity contribution in [2.45, 2.75) is 38.8 Å². The fraction of sp³-hybridized carbons (Fsp3) is 0.444. The monoisotopic (exact) mass is 493 g/mol. The topological polar surface area (TPSA) is 93.1 Å². The Morgan fingerprint density at radius 3 is 2.47 bits per heavy atom. The van der Waals surface area contributed by atoms with E-state index in [4.69, 9.17) is 4.42 Å². The van der Waals surface area contributed by atoms with Crippen LogP contribution in [0, 0.1) is 0 Å². The van der Waals surface area contributed by atoms with Gasteiger partial charge in [-0.2, -0.15) is 0 Å². The van der Waals surface area contributed by atoms with Crippen molar-refractivity contribution in [3.63, 3.8) is 0 Å². The number of imide groups is 1. The molecule has 0 radical (unpaired) electrons. The number of nitrogens with one attached hydrogen (secondary N) is 1. The predicted molar refractivity (Wildman–Crippen MR) is 138 cm³/mol. The molecule has 0 atom stereocenters. The van der Waals surface area contributed by atoms with Crippen molar-refractivity contribution in [1.29, 1.82) is 0 Å². The number of rotatable bonds is 9. The summed E-state index contributed by atoms with van der Waals surface area (Å²) in [4.78, 5) is 48.6. The van der Waals surface area contributed by atoms with Crippen LogP contribution >= 0.6 is 0 Å². The molecule has 192 valence electrons. The molecule has 1 saturated heterocycles. The van der Waals surface area contributed by atoms with Gasteiger partial charge in [0.25, 0.3) is 11.8 Å². The summed E-state index contributed by atoms with van der Waals surface area (Å²) in [5.41, 5.74) is 2.59. The fourth-order valence-corrected chi connectivity index (χ4v) is 4.55. The van der Waals surface area contributed by atoms with E-state index in [-0.39, 0.29) is 17.8 Å². The Morgan fingerprint density at radius 2 is 1.86 bits per heavy atom. The summed E-state index contributed by atoms with van der Waals surface area (Å²) in [6.45, 7) is 5.00. The van der Waals surface area contributed by atoms with Gasteiger partial charge in [0, 0.05) is 38.1 Å². The minimum atomic E-state index is -0.835. The lowest BCUT2D eigenvalue weighted by atomic mass is 10.0. The number of furan rings is 1. The largest absolute Gasteiger partial charge is 0.467 e. The van der Waals surface area contributed by atoms with Crippen molar-refractivity contribution in [3.8, 4) is 0 Å². The first kappa shape index (κ1) is 25.5. The van der Waals surface area contributed by atoms with Gasteiger partial charge in [-0.15, -0.1) is 0 Å². The van der Waals surface area contributed by atoms with Gasteiger partial charge in [-0.1, -0.05) is 6.07 Å². The summed E-state index contributed by atoms with van der Waals surface area (Å²) in [5.74, 6) is 0.437. The molecule has 1 aliphatic rings. The van der Waals surface area contributed by atoms with Crippen LogP contribution in [0.3, 0.4) is 0 Å². The van der Waals surface area contributed by atoms with Crippen molar-refractivity contribution >= 4 is 28.7 Å². The molecule has 4 amide bonds. The van der Waals surface area contributed by atoms with E-state index in [9.17, 15) is 14.4 Å². The highest BCUT2D eigenvalue weighted by molar-refractivity contribution is 6.06. The molecule has 0 bridgehead atoms. The Morgan fingerprint density at radius 1 is 1.11 bits per heavy atom. The Kier molecular flexibility index (Phi) is 6.95. The lowest BCUT2D eigenvalue weighted by molar-refractivity contribution is -0.131. The average molecular weight is 494 g/mol. The number of aromatic nitrogens is 1. The van der Waals surface area contributed by atoms with Crippen LogP contribution in [-0.2, 0) is 24.2 Å². The maximum absolute atomic E-state index is 13.4. The zero-order valence-electron chi connectivity index (χ0n) is 21.9. The summed E-state index contributed by atoms with van der Waals surface area (Å²) >= 11 is 0. The Balaban J connectivity index is 1.60. The highest BCUT2D eigenvalue weighted by Crippen LogP contribution is 2.28. The van der Waals surface area contributed by atoms with Crippen LogP contribution in [0.5, 0.6) is 0 Å². The van der Waals surface area contributed by atoms with E-state index in [2.05, 4.69) is 16.0 Å². The molecule has 3 aromatic rings. The van der Waals surface area contributed by atoms with Gasteiger partial charge in [0.1, 0.15) is 17.0 Å². The van der Waals surface area contributed by atoms with Gasteiger partial charge in [-0.05, 0) is 76.2 Å². The first-order valence-corrected chi connectivity index (χ1v) is 12.2. The smallest absolute Gasteiger partial charge is 0.327 e. The number of fused-ring (bicyclic) bond motifs is 1. The van der Waals surface area contributed by atoms with Gasteiger partial charge in [-0.3, -0.25) is 14.5 Å². The van der Waals surface area contributed by atoms with Crippen LogP contribution in [0.2, 0.25) is 0 Å². The van der Waals surface area contributed by atoms with E-state index in [1.807, 2.05) is 38.4 Å². The number of nitrogens with zero attached hydrogens (tertiary/aromatic N) is 4. The van der Waals surface area contributed by atoms with Gasteiger partial charge < -0.3 is 24.1 Å². The minimum Gasteiger partial charge on any atom is -0.467 e. The van der Waals surface area contributed by atoms with Crippen LogP contribution in [-0.4, -0.2) is 89.2 Å². The van der Waals surface area contributed by atoms with E-state index in [0.717, 1.165) is 34.3 Å². The normalized spacial score (nSPS) is 15.5. The first-order valence-electron chi connectivity index (χ1n) is 12.2. The highest BCUT2D eigenvalue weighted by atomic mass is 16.3. The quantitative estimate of drug-likeness (QED) is 0.462.